The standard InChI is InChI=1S/C10H14N4O2/c15-9-7-14(6-3-12-9)10(16)1-4-13-5-2-11-8-13/h2,5,8H,1,3-4,6-7H2,(H,12,15). The van der Waals surface area contributed by atoms with E-state index in [0.29, 0.717) is 26.1 Å². The van der Waals surface area contributed by atoms with Gasteiger partial charge in [0, 0.05) is 38.4 Å². The van der Waals surface area contributed by atoms with E-state index in [1.807, 2.05) is 10.8 Å². The quantitative estimate of drug-likeness (QED) is 0.730. The number of nitrogens with zero attached hydrogens (tertiary/aromatic N) is 3. The number of carbonyl (C=O) groups excluding carboxylic acids is 2. The van der Waals surface area contributed by atoms with Crippen LogP contribution in [-0.4, -0.2) is 45.9 Å². The van der Waals surface area contributed by atoms with Gasteiger partial charge in [0.2, 0.25) is 11.8 Å². The number of hydrogen-bond acceptors (Lipinski definition) is 3. The van der Waals surface area contributed by atoms with Crippen LogP contribution in [0.3, 0.4) is 0 Å². The highest BCUT2D eigenvalue weighted by atomic mass is 16.2. The number of piperazine rings is 1. The number of carbonyl (C=O) groups is 2. The highest BCUT2D eigenvalue weighted by Crippen LogP contribution is 2.00. The Labute approximate surface area is 93.3 Å². The van der Waals surface area contributed by atoms with Gasteiger partial charge in [-0.15, -0.1) is 0 Å². The van der Waals surface area contributed by atoms with Crippen molar-refractivity contribution in [3.8, 4) is 0 Å². The second kappa shape index (κ2) is 4.78. The lowest BCUT2D eigenvalue weighted by Gasteiger charge is -2.26. The molecule has 1 aliphatic heterocycles. The first kappa shape index (κ1) is 10.7. The molecule has 1 aromatic rings. The van der Waals surface area contributed by atoms with E-state index in [-0.39, 0.29) is 18.4 Å². The fourth-order valence-electron chi connectivity index (χ4n) is 1.65. The second-order valence-electron chi connectivity index (χ2n) is 3.72. The average Bonchev–Trinajstić information content (AvgIpc) is 2.78. The molecule has 2 heterocycles. The zero-order valence-corrected chi connectivity index (χ0v) is 8.93. The number of amides is 2. The van der Waals surface area contributed by atoms with Crippen LogP contribution < -0.4 is 5.32 Å². The monoisotopic (exact) mass is 222 g/mol. The third-order valence-corrected chi connectivity index (χ3v) is 2.53. The van der Waals surface area contributed by atoms with Gasteiger partial charge < -0.3 is 14.8 Å². The molecule has 1 aliphatic rings. The number of imidazole rings is 1. The van der Waals surface area contributed by atoms with Crippen molar-refractivity contribution in [2.45, 2.75) is 13.0 Å². The first-order valence-electron chi connectivity index (χ1n) is 5.26. The van der Waals surface area contributed by atoms with E-state index in [0.717, 1.165) is 0 Å². The highest BCUT2D eigenvalue weighted by molar-refractivity contribution is 5.85. The summed E-state index contributed by atoms with van der Waals surface area (Å²) in [4.78, 5) is 28.3. The topological polar surface area (TPSA) is 67.2 Å². The van der Waals surface area contributed by atoms with Crippen molar-refractivity contribution in [1.82, 2.24) is 19.8 Å². The minimum Gasteiger partial charge on any atom is -0.353 e. The Morgan fingerprint density at radius 3 is 3.12 bits per heavy atom. The molecule has 0 aliphatic carbocycles. The summed E-state index contributed by atoms with van der Waals surface area (Å²) in [5.41, 5.74) is 0. The molecule has 2 amide bonds. The lowest BCUT2D eigenvalue weighted by Crippen LogP contribution is -2.50. The normalized spacial score (nSPS) is 16.0. The van der Waals surface area contributed by atoms with Crippen LogP contribution in [0.5, 0.6) is 0 Å². The molecule has 6 nitrogen and oxygen atoms in total. The highest BCUT2D eigenvalue weighted by Gasteiger charge is 2.20. The Morgan fingerprint density at radius 1 is 1.56 bits per heavy atom. The molecule has 86 valence electrons. The van der Waals surface area contributed by atoms with Gasteiger partial charge in [0.25, 0.3) is 0 Å². The smallest absolute Gasteiger partial charge is 0.239 e. The van der Waals surface area contributed by atoms with E-state index in [2.05, 4.69) is 10.3 Å². The Morgan fingerprint density at radius 2 is 2.44 bits per heavy atom. The van der Waals surface area contributed by atoms with Gasteiger partial charge in [-0.05, 0) is 0 Å². The van der Waals surface area contributed by atoms with Crippen LogP contribution in [0, 0.1) is 0 Å². The van der Waals surface area contributed by atoms with Crippen molar-refractivity contribution < 1.29 is 9.59 Å². The van der Waals surface area contributed by atoms with Gasteiger partial charge in [0.1, 0.15) is 0 Å². The van der Waals surface area contributed by atoms with Crippen LogP contribution in [0.15, 0.2) is 18.7 Å². The fraction of sp³-hybridized carbons (Fsp3) is 0.500. The predicted octanol–water partition coefficient (Wildman–Crippen LogP) is -0.768. The van der Waals surface area contributed by atoms with Crippen molar-refractivity contribution in [2.75, 3.05) is 19.6 Å². The Kier molecular flexibility index (Phi) is 3.19. The van der Waals surface area contributed by atoms with Crippen molar-refractivity contribution in [3.05, 3.63) is 18.7 Å². The fourth-order valence-corrected chi connectivity index (χ4v) is 1.65. The summed E-state index contributed by atoms with van der Waals surface area (Å²) in [6.07, 6.45) is 5.58. The number of aryl methyl sites for hydroxylation is 1. The molecule has 0 bridgehead atoms. The maximum absolute atomic E-state index is 11.8. The first-order valence-corrected chi connectivity index (χ1v) is 5.26. The Bertz CT molecular complexity index is 374. The summed E-state index contributed by atoms with van der Waals surface area (Å²) in [5.74, 6) is -0.0641. The molecule has 16 heavy (non-hydrogen) atoms. The van der Waals surface area contributed by atoms with E-state index in [1.165, 1.54) is 0 Å². The van der Waals surface area contributed by atoms with Crippen LogP contribution >= 0.6 is 0 Å². The molecule has 1 saturated heterocycles. The lowest BCUT2D eigenvalue weighted by atomic mass is 10.3. The van der Waals surface area contributed by atoms with Crippen molar-refractivity contribution in [2.24, 2.45) is 0 Å². The molecule has 0 atom stereocenters. The maximum atomic E-state index is 11.8. The largest absolute Gasteiger partial charge is 0.353 e. The summed E-state index contributed by atoms with van der Waals surface area (Å²) < 4.78 is 1.85. The molecule has 0 unspecified atom stereocenters. The van der Waals surface area contributed by atoms with Crippen molar-refractivity contribution in [1.29, 1.82) is 0 Å². The number of rotatable bonds is 3. The molecular weight excluding hydrogens is 208 g/mol. The van der Waals surface area contributed by atoms with Gasteiger partial charge in [-0.2, -0.15) is 0 Å². The van der Waals surface area contributed by atoms with E-state index >= 15 is 0 Å². The summed E-state index contributed by atoms with van der Waals surface area (Å²) in [6.45, 7) is 1.95. The van der Waals surface area contributed by atoms with Gasteiger partial charge in [-0.25, -0.2) is 4.98 Å². The van der Waals surface area contributed by atoms with E-state index in [4.69, 9.17) is 0 Å². The molecule has 0 spiro atoms. The van der Waals surface area contributed by atoms with Gasteiger partial charge in [-0.1, -0.05) is 0 Å². The molecule has 2 rings (SSSR count). The zero-order chi connectivity index (χ0) is 11.4. The first-order chi connectivity index (χ1) is 7.75. The van der Waals surface area contributed by atoms with E-state index < -0.39 is 0 Å². The predicted molar refractivity (Wildman–Crippen MR) is 56.4 cm³/mol. The molecule has 0 radical (unpaired) electrons. The van der Waals surface area contributed by atoms with Crippen molar-refractivity contribution >= 4 is 11.8 Å². The van der Waals surface area contributed by atoms with Crippen LogP contribution in [0.4, 0.5) is 0 Å². The minimum atomic E-state index is -0.0813. The summed E-state index contributed by atoms with van der Waals surface area (Å²) in [6, 6.07) is 0. The third kappa shape index (κ3) is 2.59. The molecule has 1 aromatic heterocycles. The third-order valence-electron chi connectivity index (χ3n) is 2.53. The molecular formula is C10H14N4O2. The molecule has 1 N–H and O–H groups in total. The zero-order valence-electron chi connectivity index (χ0n) is 8.93. The summed E-state index contributed by atoms with van der Waals surface area (Å²) >= 11 is 0. The molecule has 6 heteroatoms. The number of aromatic nitrogens is 2. The molecule has 0 saturated carbocycles. The number of nitrogens with one attached hydrogen (secondary N) is 1. The molecule has 0 aromatic carbocycles. The van der Waals surface area contributed by atoms with E-state index in [9.17, 15) is 9.59 Å². The average molecular weight is 222 g/mol. The van der Waals surface area contributed by atoms with E-state index in [1.54, 1.807) is 17.4 Å². The minimum absolute atomic E-state index is 0.0172. The van der Waals surface area contributed by atoms with Gasteiger partial charge in [0.15, 0.2) is 0 Å². The van der Waals surface area contributed by atoms with Crippen LogP contribution in [0.25, 0.3) is 0 Å². The lowest BCUT2D eigenvalue weighted by molar-refractivity contribution is -0.138. The second-order valence-corrected chi connectivity index (χ2v) is 3.72. The van der Waals surface area contributed by atoms with Crippen LogP contribution in [-0.2, 0) is 16.1 Å². The summed E-state index contributed by atoms with van der Waals surface area (Å²) in [5, 5.41) is 2.69. The maximum Gasteiger partial charge on any atom is 0.239 e. The summed E-state index contributed by atoms with van der Waals surface area (Å²) in [7, 11) is 0. The van der Waals surface area contributed by atoms with Gasteiger partial charge in [0.05, 0.1) is 12.9 Å². The Hall–Kier alpha value is -1.85. The van der Waals surface area contributed by atoms with Gasteiger partial charge in [-0.3, -0.25) is 9.59 Å². The van der Waals surface area contributed by atoms with Crippen molar-refractivity contribution in [3.63, 3.8) is 0 Å². The Balaban J connectivity index is 1.81. The number of hydrogen-bond donors (Lipinski definition) is 1. The molecule has 1 fully saturated rings. The van der Waals surface area contributed by atoms with Gasteiger partial charge >= 0.3 is 0 Å². The SMILES string of the molecule is O=C1CN(C(=O)CCn2ccnc2)CCN1. The van der Waals surface area contributed by atoms with Crippen LogP contribution in [0.1, 0.15) is 6.42 Å². The van der Waals surface area contributed by atoms with Crippen LogP contribution in [0.2, 0.25) is 0 Å².